The van der Waals surface area contributed by atoms with Gasteiger partial charge in [0.25, 0.3) is 5.91 Å². The number of benzene rings is 2. The summed E-state index contributed by atoms with van der Waals surface area (Å²) >= 11 is 0. The van der Waals surface area contributed by atoms with Crippen LogP contribution in [0, 0.1) is 13.8 Å². The lowest BCUT2D eigenvalue weighted by Gasteiger charge is -2.36. The van der Waals surface area contributed by atoms with E-state index in [2.05, 4.69) is 53.3 Å². The molecule has 0 aliphatic carbocycles. The molecule has 0 atom stereocenters. The Hall–Kier alpha value is -3.34. The van der Waals surface area contributed by atoms with E-state index >= 15 is 0 Å². The number of pyridine rings is 1. The van der Waals surface area contributed by atoms with Crippen molar-refractivity contribution in [2.45, 2.75) is 13.8 Å². The van der Waals surface area contributed by atoms with Crippen LogP contribution >= 0.6 is 0 Å². The van der Waals surface area contributed by atoms with Crippen molar-refractivity contribution in [2.75, 3.05) is 36.4 Å². The lowest BCUT2D eigenvalue weighted by atomic mass is 10.1. The predicted molar refractivity (Wildman–Crippen MR) is 118 cm³/mol. The van der Waals surface area contributed by atoms with E-state index in [0.29, 0.717) is 18.7 Å². The lowest BCUT2D eigenvalue weighted by molar-refractivity contribution is 0.0746. The van der Waals surface area contributed by atoms with Crippen molar-refractivity contribution in [2.24, 2.45) is 0 Å². The van der Waals surface area contributed by atoms with Crippen LogP contribution in [0.15, 0.2) is 67.0 Å². The van der Waals surface area contributed by atoms with Gasteiger partial charge in [-0.15, -0.1) is 0 Å². The summed E-state index contributed by atoms with van der Waals surface area (Å²) in [5.41, 5.74) is 6.13. The van der Waals surface area contributed by atoms with Gasteiger partial charge in [-0.25, -0.2) is 0 Å². The Morgan fingerprint density at radius 2 is 1.62 bits per heavy atom. The van der Waals surface area contributed by atoms with E-state index in [4.69, 9.17) is 0 Å². The maximum Gasteiger partial charge on any atom is 0.255 e. The van der Waals surface area contributed by atoms with Crippen LogP contribution in [-0.4, -0.2) is 42.0 Å². The van der Waals surface area contributed by atoms with Crippen molar-refractivity contribution in [3.63, 3.8) is 0 Å². The number of nitrogens with zero attached hydrogens (tertiary/aromatic N) is 3. The van der Waals surface area contributed by atoms with Gasteiger partial charge in [0.05, 0.1) is 17.4 Å². The Bertz CT molecular complexity index is 995. The fourth-order valence-electron chi connectivity index (χ4n) is 3.60. The number of amides is 1. The molecule has 1 N–H and O–H groups in total. The summed E-state index contributed by atoms with van der Waals surface area (Å²) in [6.45, 7) is 7.28. The molecule has 1 saturated heterocycles. The number of carbonyl (C=O) groups excluding carboxylic acids is 1. The number of nitrogens with one attached hydrogen (secondary N) is 1. The van der Waals surface area contributed by atoms with Crippen LogP contribution in [0.3, 0.4) is 0 Å². The zero-order chi connectivity index (χ0) is 20.2. The monoisotopic (exact) mass is 386 g/mol. The molecule has 0 spiro atoms. The third-order valence-corrected chi connectivity index (χ3v) is 5.47. The molecule has 4 rings (SSSR count). The quantitative estimate of drug-likeness (QED) is 0.722. The molecule has 2 heterocycles. The molecule has 5 nitrogen and oxygen atoms in total. The summed E-state index contributed by atoms with van der Waals surface area (Å²) in [7, 11) is 0. The SMILES string of the molecule is Cc1ccc(Nc2cncc(C(=O)N3CCN(c4ccccc4)CC3)c2)cc1C. The number of aromatic nitrogens is 1. The first-order chi connectivity index (χ1) is 14.1. The third kappa shape index (κ3) is 4.40. The van der Waals surface area contributed by atoms with Gasteiger partial charge in [0.15, 0.2) is 0 Å². The molecule has 1 aliphatic heterocycles. The fourth-order valence-corrected chi connectivity index (χ4v) is 3.60. The van der Waals surface area contributed by atoms with Crippen molar-refractivity contribution in [1.29, 1.82) is 0 Å². The highest BCUT2D eigenvalue weighted by Gasteiger charge is 2.22. The number of anilines is 3. The average Bonchev–Trinajstić information content (AvgIpc) is 2.77. The number of piperazine rings is 1. The summed E-state index contributed by atoms with van der Waals surface area (Å²) in [6.07, 6.45) is 3.40. The van der Waals surface area contributed by atoms with Crippen molar-refractivity contribution in [1.82, 2.24) is 9.88 Å². The normalized spacial score (nSPS) is 14.0. The van der Waals surface area contributed by atoms with Crippen LogP contribution in [0.25, 0.3) is 0 Å². The molecule has 0 unspecified atom stereocenters. The van der Waals surface area contributed by atoms with Crippen LogP contribution in [0.4, 0.5) is 17.1 Å². The topological polar surface area (TPSA) is 48.5 Å². The second kappa shape index (κ2) is 8.35. The number of hydrogen-bond donors (Lipinski definition) is 1. The zero-order valence-corrected chi connectivity index (χ0v) is 16.9. The summed E-state index contributed by atoms with van der Waals surface area (Å²) in [4.78, 5) is 21.5. The molecule has 29 heavy (non-hydrogen) atoms. The maximum atomic E-state index is 13.0. The second-order valence-electron chi connectivity index (χ2n) is 7.50. The van der Waals surface area contributed by atoms with Crippen LogP contribution in [0.1, 0.15) is 21.5 Å². The average molecular weight is 386 g/mol. The van der Waals surface area contributed by atoms with Crippen LogP contribution in [0.5, 0.6) is 0 Å². The van der Waals surface area contributed by atoms with E-state index in [0.717, 1.165) is 24.5 Å². The molecule has 1 fully saturated rings. The number of rotatable bonds is 4. The molecule has 1 aliphatic rings. The Morgan fingerprint density at radius 3 is 2.34 bits per heavy atom. The standard InChI is InChI=1S/C24H26N4O/c1-18-8-9-21(14-19(18)2)26-22-15-20(16-25-17-22)24(29)28-12-10-27(11-13-28)23-6-4-3-5-7-23/h3-9,14-17,26H,10-13H2,1-2H3. The Kier molecular flexibility index (Phi) is 5.47. The minimum atomic E-state index is 0.0361. The highest BCUT2D eigenvalue weighted by Crippen LogP contribution is 2.21. The van der Waals surface area contributed by atoms with Crippen molar-refractivity contribution < 1.29 is 4.79 Å². The third-order valence-electron chi connectivity index (χ3n) is 5.47. The predicted octanol–water partition coefficient (Wildman–Crippen LogP) is 4.40. The largest absolute Gasteiger partial charge is 0.368 e. The molecule has 0 bridgehead atoms. The van der Waals surface area contributed by atoms with E-state index < -0.39 is 0 Å². The minimum Gasteiger partial charge on any atom is -0.368 e. The Balaban J connectivity index is 1.41. The van der Waals surface area contributed by atoms with E-state index in [9.17, 15) is 4.79 Å². The zero-order valence-electron chi connectivity index (χ0n) is 16.9. The summed E-state index contributed by atoms with van der Waals surface area (Å²) in [6, 6.07) is 18.5. The van der Waals surface area contributed by atoms with Gasteiger partial charge in [0.2, 0.25) is 0 Å². The van der Waals surface area contributed by atoms with Gasteiger partial charge in [-0.3, -0.25) is 9.78 Å². The van der Waals surface area contributed by atoms with Gasteiger partial charge >= 0.3 is 0 Å². The number of aryl methyl sites for hydroxylation is 2. The molecule has 3 aromatic rings. The molecule has 148 valence electrons. The highest BCUT2D eigenvalue weighted by molar-refractivity contribution is 5.95. The molecule has 1 amide bonds. The van der Waals surface area contributed by atoms with Gasteiger partial charge in [-0.2, -0.15) is 0 Å². The molecular weight excluding hydrogens is 360 g/mol. The first-order valence-corrected chi connectivity index (χ1v) is 9.99. The maximum absolute atomic E-state index is 13.0. The molecule has 5 heteroatoms. The van der Waals surface area contributed by atoms with Crippen LogP contribution in [0.2, 0.25) is 0 Å². The summed E-state index contributed by atoms with van der Waals surface area (Å²) in [5.74, 6) is 0.0361. The first kappa shape index (κ1) is 19.0. The van der Waals surface area contributed by atoms with E-state index in [1.54, 1.807) is 12.4 Å². The van der Waals surface area contributed by atoms with Crippen molar-refractivity contribution >= 4 is 23.0 Å². The molecule has 0 saturated carbocycles. The van der Waals surface area contributed by atoms with E-state index in [1.165, 1.54) is 16.8 Å². The highest BCUT2D eigenvalue weighted by atomic mass is 16.2. The first-order valence-electron chi connectivity index (χ1n) is 9.99. The van der Waals surface area contributed by atoms with E-state index in [-0.39, 0.29) is 5.91 Å². The Labute approximate surface area is 172 Å². The van der Waals surface area contributed by atoms with Crippen molar-refractivity contribution in [3.8, 4) is 0 Å². The van der Waals surface area contributed by atoms with Crippen LogP contribution in [-0.2, 0) is 0 Å². The van der Waals surface area contributed by atoms with Crippen molar-refractivity contribution in [3.05, 3.63) is 83.7 Å². The minimum absolute atomic E-state index is 0.0361. The molecule has 0 radical (unpaired) electrons. The Morgan fingerprint density at radius 1 is 0.862 bits per heavy atom. The van der Waals surface area contributed by atoms with Crippen LogP contribution < -0.4 is 10.2 Å². The van der Waals surface area contributed by atoms with E-state index in [1.807, 2.05) is 35.2 Å². The number of para-hydroxylation sites is 1. The fraction of sp³-hybridized carbons (Fsp3) is 0.250. The lowest BCUT2D eigenvalue weighted by Crippen LogP contribution is -2.48. The summed E-state index contributed by atoms with van der Waals surface area (Å²) < 4.78 is 0. The molecular formula is C24H26N4O. The molecule has 2 aromatic carbocycles. The van der Waals surface area contributed by atoms with Gasteiger partial charge < -0.3 is 15.1 Å². The van der Waals surface area contributed by atoms with Gasteiger partial charge in [0, 0.05) is 43.8 Å². The van der Waals surface area contributed by atoms with Gasteiger partial charge in [-0.05, 0) is 55.3 Å². The summed E-state index contributed by atoms with van der Waals surface area (Å²) in [5, 5.41) is 3.36. The van der Waals surface area contributed by atoms with Gasteiger partial charge in [0.1, 0.15) is 0 Å². The smallest absolute Gasteiger partial charge is 0.255 e. The van der Waals surface area contributed by atoms with Gasteiger partial charge in [-0.1, -0.05) is 24.3 Å². The second-order valence-corrected chi connectivity index (χ2v) is 7.50. The molecule has 1 aromatic heterocycles. The number of carbonyl (C=O) groups is 1. The number of hydrogen-bond acceptors (Lipinski definition) is 4.